The van der Waals surface area contributed by atoms with Gasteiger partial charge in [0.2, 0.25) is 12.7 Å². The Labute approximate surface area is 279 Å². The van der Waals surface area contributed by atoms with E-state index in [1.54, 1.807) is 12.2 Å². The molecule has 2 aromatic carbocycles. The number of carbonyl (C=O) groups excluding carboxylic acids is 3. The zero-order valence-corrected chi connectivity index (χ0v) is 27.7. The first-order valence-electron chi connectivity index (χ1n) is 15.7. The number of amides is 2. The van der Waals surface area contributed by atoms with Gasteiger partial charge in [-0.25, -0.2) is 0 Å². The van der Waals surface area contributed by atoms with E-state index in [0.29, 0.717) is 45.9 Å². The van der Waals surface area contributed by atoms with Gasteiger partial charge >= 0.3 is 18.1 Å². The highest BCUT2D eigenvalue weighted by Gasteiger charge is 2.57. The van der Waals surface area contributed by atoms with Crippen LogP contribution in [-0.4, -0.2) is 90.5 Å². The molecule has 0 aliphatic carbocycles. The summed E-state index contributed by atoms with van der Waals surface area (Å²) in [5, 5.41) is 26.7. The molecule has 3 N–H and O–H groups in total. The van der Waals surface area contributed by atoms with Crippen molar-refractivity contribution in [2.75, 3.05) is 27.5 Å². The fraction of sp³-hybridized carbons (Fsp3) is 0.515. The normalized spacial score (nSPS) is 24.4. The van der Waals surface area contributed by atoms with Crippen LogP contribution in [0.4, 0.5) is 13.2 Å². The van der Waals surface area contributed by atoms with Crippen LogP contribution in [0.5, 0.6) is 28.7 Å². The van der Waals surface area contributed by atoms with Gasteiger partial charge in [-0.1, -0.05) is 6.07 Å². The van der Waals surface area contributed by atoms with E-state index in [4.69, 9.17) is 18.9 Å². The highest BCUT2D eigenvalue weighted by atomic mass is 19.4. The van der Waals surface area contributed by atoms with Crippen LogP contribution in [0.3, 0.4) is 0 Å². The summed E-state index contributed by atoms with van der Waals surface area (Å²) in [4.78, 5) is 41.2. The van der Waals surface area contributed by atoms with Crippen LogP contribution in [0.15, 0.2) is 6.07 Å². The van der Waals surface area contributed by atoms with Gasteiger partial charge in [-0.15, -0.1) is 0 Å². The van der Waals surface area contributed by atoms with Crippen LogP contribution in [-0.2, 0) is 27.2 Å². The summed E-state index contributed by atoms with van der Waals surface area (Å²) in [7, 11) is 3.34. The predicted molar refractivity (Wildman–Crippen MR) is 164 cm³/mol. The molecule has 2 aromatic rings. The molecule has 4 heterocycles. The van der Waals surface area contributed by atoms with Crippen LogP contribution < -0.4 is 29.6 Å². The van der Waals surface area contributed by atoms with E-state index >= 15 is 0 Å². The molecule has 2 amide bonds. The van der Waals surface area contributed by atoms with Gasteiger partial charge in [0.15, 0.2) is 23.0 Å². The van der Waals surface area contributed by atoms with Gasteiger partial charge in [-0.2, -0.15) is 18.4 Å². The quantitative estimate of drug-likeness (QED) is 0.302. The van der Waals surface area contributed by atoms with E-state index in [0.717, 1.165) is 18.1 Å². The molecule has 0 aromatic heterocycles. The lowest BCUT2D eigenvalue weighted by atomic mass is 9.71. The van der Waals surface area contributed by atoms with Crippen molar-refractivity contribution >= 4 is 17.8 Å². The molecule has 1 fully saturated rings. The number of carbonyl (C=O) groups is 3. The number of phenolic OH excluding ortho intramolecular Hbond substituents is 1. The Morgan fingerprint density at radius 3 is 2.47 bits per heavy atom. The third kappa shape index (κ3) is 5.45. The lowest BCUT2D eigenvalue weighted by Crippen LogP contribution is -2.69. The number of ether oxygens (including phenoxy) is 4. The van der Waals surface area contributed by atoms with Crippen molar-refractivity contribution < 1.29 is 51.6 Å². The van der Waals surface area contributed by atoms with E-state index in [-0.39, 0.29) is 37.3 Å². The van der Waals surface area contributed by atoms with Gasteiger partial charge in [0.05, 0.1) is 25.3 Å². The molecule has 16 heteroatoms. The minimum atomic E-state index is -5.19. The molecule has 2 bridgehead atoms. The molecule has 0 radical (unpaired) electrons. The second-order valence-corrected chi connectivity index (χ2v) is 12.8. The van der Waals surface area contributed by atoms with Crippen molar-refractivity contribution in [1.29, 1.82) is 5.26 Å². The van der Waals surface area contributed by atoms with Crippen molar-refractivity contribution in [3.8, 4) is 34.8 Å². The first kappa shape index (κ1) is 34.1. The van der Waals surface area contributed by atoms with Gasteiger partial charge in [0, 0.05) is 47.8 Å². The number of phenols is 1. The average molecular weight is 688 g/mol. The maximum Gasteiger partial charge on any atom is 0.471 e. The van der Waals surface area contributed by atoms with Crippen LogP contribution in [0.2, 0.25) is 0 Å². The van der Waals surface area contributed by atoms with Gasteiger partial charge < -0.3 is 34.7 Å². The number of alkyl halides is 3. The number of nitriles is 1. The second kappa shape index (κ2) is 12.3. The Hall–Kier alpha value is -4.75. The Morgan fingerprint density at radius 2 is 1.84 bits per heavy atom. The SMILES string of the molecule is COc1c(C)cc2c(c1O)C1[C@@H]3Cc4c(OC(C)=O)c(C)c5c(c4[C@H](CNC(=O)[C@H](C)NC(=O)C(F)(F)F)N3[C@@H](C#N)C(C2)N1C)OCO5. The van der Waals surface area contributed by atoms with Crippen molar-refractivity contribution in [1.82, 2.24) is 20.4 Å². The molecule has 13 nitrogen and oxygen atoms in total. The van der Waals surface area contributed by atoms with E-state index in [1.165, 1.54) is 14.0 Å². The van der Waals surface area contributed by atoms with E-state index in [9.17, 15) is 37.9 Å². The summed E-state index contributed by atoms with van der Waals surface area (Å²) in [6, 6.07) is -0.231. The molecule has 1 saturated heterocycles. The Bertz CT molecular complexity index is 1790. The lowest BCUT2D eigenvalue weighted by molar-refractivity contribution is -0.174. The maximum atomic E-state index is 13.2. The Morgan fingerprint density at radius 1 is 1.14 bits per heavy atom. The number of nitrogens with zero attached hydrogens (tertiary/aromatic N) is 3. The van der Waals surface area contributed by atoms with Crippen LogP contribution in [0.25, 0.3) is 0 Å². The summed E-state index contributed by atoms with van der Waals surface area (Å²) >= 11 is 0. The van der Waals surface area contributed by atoms with Crippen molar-refractivity contribution in [3.05, 3.63) is 39.4 Å². The number of fused-ring (bicyclic) bond motifs is 9. The maximum absolute atomic E-state index is 13.2. The highest BCUT2D eigenvalue weighted by Crippen LogP contribution is 2.58. The summed E-state index contributed by atoms with van der Waals surface area (Å²) in [6.45, 7) is 5.55. The molecule has 0 saturated carbocycles. The molecule has 4 aliphatic heterocycles. The number of rotatable bonds is 6. The fourth-order valence-corrected chi connectivity index (χ4v) is 8.01. The summed E-state index contributed by atoms with van der Waals surface area (Å²) in [5.41, 5.74) is 3.76. The lowest BCUT2D eigenvalue weighted by Gasteiger charge is -2.60. The molecule has 49 heavy (non-hydrogen) atoms. The minimum Gasteiger partial charge on any atom is -0.504 e. The first-order chi connectivity index (χ1) is 23.1. The van der Waals surface area contributed by atoms with Crippen molar-refractivity contribution in [2.45, 2.75) is 83.0 Å². The number of esters is 1. The van der Waals surface area contributed by atoms with E-state index in [1.807, 2.05) is 29.8 Å². The number of benzene rings is 2. The molecule has 6 rings (SSSR count). The topological polar surface area (TPSA) is 163 Å². The zero-order valence-electron chi connectivity index (χ0n) is 27.7. The molecule has 4 aliphatic rings. The third-order valence-corrected chi connectivity index (χ3v) is 9.98. The number of methoxy groups -OCH3 is 1. The Kier molecular flexibility index (Phi) is 8.56. The number of nitrogens with one attached hydrogen (secondary N) is 2. The monoisotopic (exact) mass is 687 g/mol. The molecule has 6 atom stereocenters. The largest absolute Gasteiger partial charge is 0.504 e. The summed E-state index contributed by atoms with van der Waals surface area (Å²) in [6.07, 6.45) is -4.57. The molecule has 2 unspecified atom stereocenters. The Balaban J connectivity index is 1.52. The zero-order chi connectivity index (χ0) is 35.7. The first-order valence-corrected chi connectivity index (χ1v) is 15.7. The number of hydrogen-bond donors (Lipinski definition) is 3. The predicted octanol–water partition coefficient (Wildman–Crippen LogP) is 2.63. The number of aryl methyl sites for hydroxylation is 1. The van der Waals surface area contributed by atoms with Gasteiger partial charge in [-0.05, 0) is 51.8 Å². The minimum absolute atomic E-state index is 0.0323. The molecule has 0 spiro atoms. The third-order valence-electron chi connectivity index (χ3n) is 9.98. The molecular weight excluding hydrogens is 651 g/mol. The van der Waals surface area contributed by atoms with E-state index < -0.39 is 54.2 Å². The standard InChI is InChI=1S/C33H36F3N5O8/c1-13-7-17-8-19-21(10-37)41-20(25(40(19)5)23(17)26(43)27(13)46-6)9-18-24(30-29(47-12-48-30)14(2)28(18)49-16(4)42)22(41)11-38-31(44)15(3)39-32(45)33(34,35)36/h7,15,19-22,25,43H,8-9,11-12H2,1-6H3,(H,38,44)(H,39,45)/t15-,19?,20-,21-,22-,25?/m0/s1. The van der Waals surface area contributed by atoms with E-state index in [2.05, 4.69) is 11.4 Å². The average Bonchev–Trinajstić information content (AvgIpc) is 3.52. The number of likely N-dealkylation sites (N-methyl/N-ethyl adjacent to an activating group) is 1. The van der Waals surface area contributed by atoms with Gasteiger partial charge in [0.25, 0.3) is 0 Å². The van der Waals surface area contributed by atoms with Crippen LogP contribution in [0, 0.1) is 25.2 Å². The number of hydrogen-bond acceptors (Lipinski definition) is 11. The number of aromatic hydroxyl groups is 1. The molecule has 262 valence electrons. The highest BCUT2D eigenvalue weighted by molar-refractivity contribution is 5.89. The second-order valence-electron chi connectivity index (χ2n) is 12.8. The smallest absolute Gasteiger partial charge is 0.471 e. The van der Waals surface area contributed by atoms with Gasteiger partial charge in [0.1, 0.15) is 17.8 Å². The van der Waals surface area contributed by atoms with Crippen LogP contribution in [0.1, 0.15) is 59.3 Å². The molecular formula is C33H36F3N5O8. The number of halogens is 3. The number of piperazine rings is 1. The summed E-state index contributed by atoms with van der Waals surface area (Å²) in [5.74, 6) is -2.58. The fourth-order valence-electron chi connectivity index (χ4n) is 8.01. The van der Waals surface area contributed by atoms with Crippen molar-refractivity contribution in [2.24, 2.45) is 0 Å². The van der Waals surface area contributed by atoms with Crippen LogP contribution >= 0.6 is 0 Å². The van der Waals surface area contributed by atoms with Crippen molar-refractivity contribution in [3.63, 3.8) is 0 Å². The van der Waals surface area contributed by atoms with Gasteiger partial charge in [-0.3, -0.25) is 24.2 Å². The summed E-state index contributed by atoms with van der Waals surface area (Å²) < 4.78 is 61.9.